The Bertz CT molecular complexity index is 527. The third kappa shape index (κ3) is 1.78. The van der Waals surface area contributed by atoms with Gasteiger partial charge in [-0.05, 0) is 54.8 Å². The Morgan fingerprint density at radius 3 is 2.68 bits per heavy atom. The van der Waals surface area contributed by atoms with Crippen molar-refractivity contribution in [1.82, 2.24) is 0 Å². The Hall–Kier alpha value is -0.670. The first kappa shape index (κ1) is 14.9. The zero-order chi connectivity index (χ0) is 15.7. The van der Waals surface area contributed by atoms with Crippen LogP contribution in [0.3, 0.4) is 0 Å². The second-order valence-electron chi connectivity index (χ2n) is 8.83. The first-order chi connectivity index (χ1) is 10.4. The maximum Gasteiger partial charge on any atom is 0.133 e. The maximum absolute atomic E-state index is 11.9. The fraction of sp³-hybridized carbons (Fsp3) is 0.842. The molecule has 0 saturated heterocycles. The molecule has 4 aliphatic rings. The molecular weight excluding hydrogens is 276 g/mol. The van der Waals surface area contributed by atoms with E-state index >= 15 is 0 Å². The van der Waals surface area contributed by atoms with Crippen molar-refractivity contribution in [2.24, 2.45) is 34.5 Å². The second-order valence-corrected chi connectivity index (χ2v) is 8.83. The van der Waals surface area contributed by atoms with Crippen molar-refractivity contribution in [2.45, 2.75) is 64.6 Å². The summed E-state index contributed by atoms with van der Waals surface area (Å²) in [5, 5.41) is 21.2. The molecule has 2 N–H and O–H groups in total. The van der Waals surface area contributed by atoms with E-state index in [2.05, 4.69) is 19.9 Å². The summed E-state index contributed by atoms with van der Waals surface area (Å²) in [6.07, 6.45) is 8.65. The van der Waals surface area contributed by atoms with Crippen molar-refractivity contribution >= 4 is 5.78 Å². The fourth-order valence-corrected chi connectivity index (χ4v) is 6.44. The summed E-state index contributed by atoms with van der Waals surface area (Å²) in [5.74, 6) is 1.75. The van der Waals surface area contributed by atoms with E-state index in [-0.39, 0.29) is 34.9 Å². The predicted molar refractivity (Wildman–Crippen MR) is 84.0 cm³/mol. The lowest BCUT2D eigenvalue weighted by Crippen LogP contribution is -2.58. The number of Topliss-reactive ketones (excluding diaryl/α,β-unsaturated/α-hetero) is 1. The molecule has 0 aliphatic heterocycles. The largest absolute Gasteiger partial charge is 0.393 e. The molecule has 8 atom stereocenters. The van der Waals surface area contributed by atoms with Gasteiger partial charge in [-0.15, -0.1) is 0 Å². The molecule has 0 amide bonds. The van der Waals surface area contributed by atoms with Gasteiger partial charge in [-0.1, -0.05) is 26.0 Å². The summed E-state index contributed by atoms with van der Waals surface area (Å²) >= 11 is 0. The van der Waals surface area contributed by atoms with Crippen molar-refractivity contribution in [1.29, 1.82) is 0 Å². The molecule has 0 aromatic heterocycles. The summed E-state index contributed by atoms with van der Waals surface area (Å²) < 4.78 is 0. The van der Waals surface area contributed by atoms with Gasteiger partial charge in [0.05, 0.1) is 12.2 Å². The number of carbonyl (C=O) groups is 1. The highest BCUT2D eigenvalue weighted by Gasteiger charge is 2.61. The number of aliphatic hydroxyl groups excluding tert-OH is 2. The number of hydrogen-bond donors (Lipinski definition) is 2. The monoisotopic (exact) mass is 304 g/mol. The molecule has 0 spiro atoms. The lowest BCUT2D eigenvalue weighted by molar-refractivity contribution is -0.166. The van der Waals surface area contributed by atoms with Crippen LogP contribution in [0.5, 0.6) is 0 Å². The smallest absolute Gasteiger partial charge is 0.133 e. The molecule has 0 aromatic carbocycles. The van der Waals surface area contributed by atoms with Crippen molar-refractivity contribution in [3.8, 4) is 0 Å². The van der Waals surface area contributed by atoms with E-state index in [0.29, 0.717) is 30.5 Å². The third-order valence-electron chi connectivity index (χ3n) is 7.98. The maximum atomic E-state index is 11.9. The first-order valence-corrected chi connectivity index (χ1v) is 8.92. The lowest BCUT2D eigenvalue weighted by atomic mass is 9.44. The highest BCUT2D eigenvalue weighted by atomic mass is 16.3. The number of hydrogen-bond acceptors (Lipinski definition) is 3. The van der Waals surface area contributed by atoms with Gasteiger partial charge >= 0.3 is 0 Å². The second kappa shape index (κ2) is 4.67. The average Bonchev–Trinajstić information content (AvgIpc) is 2.77. The Kier molecular flexibility index (Phi) is 3.16. The molecule has 3 nitrogen and oxygen atoms in total. The number of fused-ring (bicyclic) bond motifs is 5. The fourth-order valence-electron chi connectivity index (χ4n) is 6.44. The molecule has 0 heterocycles. The standard InChI is InChI=1S/C19H28O3/c1-18-7-5-12(20)9-11(18)10-15(21)17-13-3-4-16(22)19(13,2)8-6-14(17)18/h3-4,11,13-17,21-22H,5-10H2,1-2H3/t11?,13-,14+,15?,16?,17-,18-,19-/m0/s1. The topological polar surface area (TPSA) is 57.5 Å². The zero-order valence-electron chi connectivity index (χ0n) is 13.7. The van der Waals surface area contributed by atoms with Crippen LogP contribution in [0.2, 0.25) is 0 Å². The van der Waals surface area contributed by atoms with E-state index in [1.54, 1.807) is 0 Å². The van der Waals surface area contributed by atoms with Crippen LogP contribution >= 0.6 is 0 Å². The molecule has 3 fully saturated rings. The summed E-state index contributed by atoms with van der Waals surface area (Å²) in [5.41, 5.74) is 0.0936. The summed E-state index contributed by atoms with van der Waals surface area (Å²) in [4.78, 5) is 11.9. The van der Waals surface area contributed by atoms with Crippen molar-refractivity contribution < 1.29 is 15.0 Å². The molecular formula is C19H28O3. The minimum absolute atomic E-state index is 0.101. The minimum atomic E-state index is -0.371. The minimum Gasteiger partial charge on any atom is -0.393 e. The van der Waals surface area contributed by atoms with Crippen LogP contribution in [0.1, 0.15) is 52.4 Å². The zero-order valence-corrected chi connectivity index (χ0v) is 13.7. The van der Waals surface area contributed by atoms with E-state index in [4.69, 9.17) is 0 Å². The highest BCUT2D eigenvalue weighted by Crippen LogP contribution is 2.64. The van der Waals surface area contributed by atoms with Crippen LogP contribution in [0.25, 0.3) is 0 Å². The molecule has 22 heavy (non-hydrogen) atoms. The Morgan fingerprint density at radius 1 is 1.14 bits per heavy atom. The van der Waals surface area contributed by atoms with Crippen molar-refractivity contribution in [3.05, 3.63) is 12.2 Å². The Labute approximate surface area is 132 Å². The van der Waals surface area contributed by atoms with Gasteiger partial charge in [0.25, 0.3) is 0 Å². The van der Waals surface area contributed by atoms with Crippen LogP contribution in [0.4, 0.5) is 0 Å². The summed E-state index contributed by atoms with van der Waals surface area (Å²) in [6.45, 7) is 4.55. The Morgan fingerprint density at radius 2 is 1.91 bits per heavy atom. The number of ketones is 1. The summed E-state index contributed by atoms with van der Waals surface area (Å²) in [6, 6.07) is 0. The molecule has 0 aromatic rings. The van der Waals surface area contributed by atoms with Crippen molar-refractivity contribution in [2.75, 3.05) is 0 Å². The van der Waals surface area contributed by atoms with Gasteiger partial charge in [0.15, 0.2) is 0 Å². The first-order valence-electron chi connectivity index (χ1n) is 8.92. The molecule has 3 heteroatoms. The van der Waals surface area contributed by atoms with Gasteiger partial charge in [0, 0.05) is 18.3 Å². The Balaban J connectivity index is 1.70. The highest BCUT2D eigenvalue weighted by molar-refractivity contribution is 5.79. The molecule has 4 rings (SSSR count). The van der Waals surface area contributed by atoms with Gasteiger partial charge in [-0.3, -0.25) is 4.79 Å². The average molecular weight is 304 g/mol. The van der Waals surface area contributed by atoms with Gasteiger partial charge in [-0.2, -0.15) is 0 Å². The van der Waals surface area contributed by atoms with Crippen molar-refractivity contribution in [3.63, 3.8) is 0 Å². The molecule has 3 unspecified atom stereocenters. The predicted octanol–water partition coefficient (Wildman–Crippen LogP) is 2.71. The van der Waals surface area contributed by atoms with Crippen LogP contribution < -0.4 is 0 Å². The normalized spacial score (nSPS) is 57.2. The van der Waals surface area contributed by atoms with Crippen LogP contribution in [0.15, 0.2) is 12.2 Å². The van der Waals surface area contributed by atoms with Gasteiger partial charge in [0.2, 0.25) is 0 Å². The number of allylic oxidation sites excluding steroid dienone is 1. The van der Waals surface area contributed by atoms with Gasteiger partial charge in [-0.25, -0.2) is 0 Å². The van der Waals surface area contributed by atoms with E-state index in [1.807, 2.05) is 6.08 Å². The quantitative estimate of drug-likeness (QED) is 0.677. The van der Waals surface area contributed by atoms with E-state index in [1.165, 1.54) is 0 Å². The number of aliphatic hydroxyl groups is 2. The molecule has 0 radical (unpaired) electrons. The van der Waals surface area contributed by atoms with E-state index < -0.39 is 0 Å². The number of rotatable bonds is 0. The van der Waals surface area contributed by atoms with Crippen LogP contribution in [0, 0.1) is 34.5 Å². The third-order valence-corrected chi connectivity index (χ3v) is 7.98. The SMILES string of the molecule is C[C@]12CCC(=O)CC1CC(O)[C@@H]1[C@H]2CC[C@]2(C)C(O)C=C[C@@H]12. The van der Waals surface area contributed by atoms with E-state index in [9.17, 15) is 15.0 Å². The molecule has 4 aliphatic carbocycles. The summed E-state index contributed by atoms with van der Waals surface area (Å²) in [7, 11) is 0. The van der Waals surface area contributed by atoms with Gasteiger partial charge < -0.3 is 10.2 Å². The molecule has 3 saturated carbocycles. The molecule has 0 bridgehead atoms. The van der Waals surface area contributed by atoms with Crippen LogP contribution in [-0.4, -0.2) is 28.2 Å². The van der Waals surface area contributed by atoms with Gasteiger partial charge in [0.1, 0.15) is 5.78 Å². The molecule has 122 valence electrons. The number of carbonyl (C=O) groups excluding carboxylic acids is 1. The lowest BCUT2D eigenvalue weighted by Gasteiger charge is -2.61. The van der Waals surface area contributed by atoms with E-state index in [0.717, 1.165) is 25.7 Å². The van der Waals surface area contributed by atoms with Crippen LogP contribution in [-0.2, 0) is 4.79 Å².